The quantitative estimate of drug-likeness (QED) is 0.775. The SMILES string of the molecule is CC1CN(CCCNC(=O)COc2ccc3ccccc3c2)CC(C)O1. The molecule has 2 aromatic rings. The van der Waals surface area contributed by atoms with Gasteiger partial charge in [-0.15, -0.1) is 0 Å². The lowest BCUT2D eigenvalue weighted by Crippen LogP contribution is -2.46. The zero-order valence-electron chi connectivity index (χ0n) is 15.6. The molecule has 1 aliphatic rings. The third-order valence-corrected chi connectivity index (χ3v) is 4.56. The molecule has 2 atom stereocenters. The minimum Gasteiger partial charge on any atom is -0.484 e. The molecule has 0 aromatic heterocycles. The highest BCUT2D eigenvalue weighted by molar-refractivity contribution is 5.84. The highest BCUT2D eigenvalue weighted by Crippen LogP contribution is 2.20. The van der Waals surface area contributed by atoms with E-state index in [0.717, 1.165) is 42.6 Å². The number of rotatable bonds is 7. The molecule has 0 radical (unpaired) electrons. The van der Waals surface area contributed by atoms with Crippen LogP contribution in [-0.4, -0.2) is 55.8 Å². The molecule has 5 heteroatoms. The second-order valence-corrected chi connectivity index (χ2v) is 7.02. The van der Waals surface area contributed by atoms with Crippen molar-refractivity contribution in [3.8, 4) is 5.75 Å². The largest absolute Gasteiger partial charge is 0.484 e. The van der Waals surface area contributed by atoms with Gasteiger partial charge in [0.15, 0.2) is 6.61 Å². The molecule has 5 nitrogen and oxygen atoms in total. The van der Waals surface area contributed by atoms with Crippen LogP contribution in [0.2, 0.25) is 0 Å². The fourth-order valence-corrected chi connectivity index (χ4v) is 3.45. The van der Waals surface area contributed by atoms with E-state index in [9.17, 15) is 4.79 Å². The second-order valence-electron chi connectivity index (χ2n) is 7.02. The lowest BCUT2D eigenvalue weighted by Gasteiger charge is -2.35. The highest BCUT2D eigenvalue weighted by atomic mass is 16.5. The number of nitrogens with one attached hydrogen (secondary N) is 1. The van der Waals surface area contributed by atoms with Crippen LogP contribution in [0.15, 0.2) is 42.5 Å². The standard InChI is InChI=1S/C21H28N2O3/c1-16-13-23(14-17(2)26-16)11-5-10-22-21(24)15-25-20-9-8-18-6-3-4-7-19(18)12-20/h3-4,6-9,12,16-17H,5,10-11,13-15H2,1-2H3,(H,22,24). The number of carbonyl (C=O) groups is 1. The number of ether oxygens (including phenoxy) is 2. The smallest absolute Gasteiger partial charge is 0.257 e. The molecule has 26 heavy (non-hydrogen) atoms. The molecule has 2 unspecified atom stereocenters. The Hall–Kier alpha value is -2.11. The summed E-state index contributed by atoms with van der Waals surface area (Å²) in [7, 11) is 0. The van der Waals surface area contributed by atoms with E-state index in [-0.39, 0.29) is 24.7 Å². The minimum atomic E-state index is -0.0816. The number of fused-ring (bicyclic) bond motifs is 1. The molecule has 1 N–H and O–H groups in total. The van der Waals surface area contributed by atoms with Gasteiger partial charge in [-0.2, -0.15) is 0 Å². The summed E-state index contributed by atoms with van der Waals surface area (Å²) in [4.78, 5) is 14.4. The number of amides is 1. The van der Waals surface area contributed by atoms with Crippen molar-refractivity contribution in [2.75, 3.05) is 32.8 Å². The summed E-state index contributed by atoms with van der Waals surface area (Å²) in [6.07, 6.45) is 1.49. The van der Waals surface area contributed by atoms with Crippen LogP contribution in [0.4, 0.5) is 0 Å². The van der Waals surface area contributed by atoms with Crippen LogP contribution in [0.3, 0.4) is 0 Å². The van der Waals surface area contributed by atoms with Crippen molar-refractivity contribution < 1.29 is 14.3 Å². The summed E-state index contributed by atoms with van der Waals surface area (Å²) in [5, 5.41) is 5.20. The van der Waals surface area contributed by atoms with Crippen LogP contribution in [0.5, 0.6) is 5.75 Å². The summed E-state index contributed by atoms with van der Waals surface area (Å²) in [5.74, 6) is 0.636. The first-order chi connectivity index (χ1) is 12.6. The van der Waals surface area contributed by atoms with Crippen molar-refractivity contribution in [2.45, 2.75) is 32.5 Å². The maximum Gasteiger partial charge on any atom is 0.257 e. The maximum absolute atomic E-state index is 12.0. The Bertz CT molecular complexity index is 724. The molecule has 1 amide bonds. The Kier molecular flexibility index (Phi) is 6.47. The number of hydrogen-bond donors (Lipinski definition) is 1. The number of carbonyl (C=O) groups excluding carboxylic acids is 1. The maximum atomic E-state index is 12.0. The second kappa shape index (κ2) is 9.01. The minimum absolute atomic E-state index is 0.0456. The van der Waals surface area contributed by atoms with E-state index >= 15 is 0 Å². The average molecular weight is 356 g/mol. The van der Waals surface area contributed by atoms with Gasteiger partial charge in [0, 0.05) is 26.2 Å². The van der Waals surface area contributed by atoms with Crippen LogP contribution in [0, 0.1) is 0 Å². The lowest BCUT2D eigenvalue weighted by molar-refractivity contribution is -0.123. The van der Waals surface area contributed by atoms with Gasteiger partial charge < -0.3 is 14.8 Å². The molecule has 2 aromatic carbocycles. The molecule has 0 bridgehead atoms. The van der Waals surface area contributed by atoms with Gasteiger partial charge in [0.25, 0.3) is 5.91 Å². The van der Waals surface area contributed by atoms with Gasteiger partial charge in [-0.3, -0.25) is 9.69 Å². The van der Waals surface area contributed by atoms with Crippen molar-refractivity contribution in [1.29, 1.82) is 0 Å². The topological polar surface area (TPSA) is 50.8 Å². The Morgan fingerprint density at radius 1 is 1.15 bits per heavy atom. The summed E-state index contributed by atoms with van der Waals surface area (Å²) >= 11 is 0. The van der Waals surface area contributed by atoms with Gasteiger partial charge in [0.1, 0.15) is 5.75 Å². The molecule has 1 fully saturated rings. The van der Waals surface area contributed by atoms with Crippen molar-refractivity contribution in [3.05, 3.63) is 42.5 Å². The predicted molar refractivity (Wildman–Crippen MR) is 104 cm³/mol. The first-order valence-corrected chi connectivity index (χ1v) is 9.36. The lowest BCUT2D eigenvalue weighted by atomic mass is 10.1. The first kappa shape index (κ1) is 18.7. The van der Waals surface area contributed by atoms with Crippen molar-refractivity contribution in [1.82, 2.24) is 10.2 Å². The number of hydrogen-bond acceptors (Lipinski definition) is 4. The molecular weight excluding hydrogens is 328 g/mol. The van der Waals surface area contributed by atoms with E-state index in [4.69, 9.17) is 9.47 Å². The Labute approximate surface area is 155 Å². The van der Waals surface area contributed by atoms with Crippen LogP contribution in [0.25, 0.3) is 10.8 Å². The van der Waals surface area contributed by atoms with E-state index in [0.29, 0.717) is 6.54 Å². The normalized spacial score (nSPS) is 20.8. The van der Waals surface area contributed by atoms with Gasteiger partial charge in [0.2, 0.25) is 0 Å². The van der Waals surface area contributed by atoms with Crippen molar-refractivity contribution in [2.24, 2.45) is 0 Å². The van der Waals surface area contributed by atoms with Crippen LogP contribution in [0.1, 0.15) is 20.3 Å². The van der Waals surface area contributed by atoms with E-state index in [2.05, 4.69) is 30.1 Å². The zero-order chi connectivity index (χ0) is 18.4. The Morgan fingerprint density at radius 2 is 1.88 bits per heavy atom. The Morgan fingerprint density at radius 3 is 2.65 bits per heavy atom. The molecule has 0 aliphatic carbocycles. The van der Waals surface area contributed by atoms with Gasteiger partial charge in [-0.1, -0.05) is 30.3 Å². The zero-order valence-corrected chi connectivity index (χ0v) is 15.6. The fourth-order valence-electron chi connectivity index (χ4n) is 3.45. The Balaban J connectivity index is 1.35. The summed E-state index contributed by atoms with van der Waals surface area (Å²) in [6.45, 7) is 7.82. The van der Waals surface area contributed by atoms with E-state index in [1.54, 1.807) is 0 Å². The van der Waals surface area contributed by atoms with Crippen LogP contribution < -0.4 is 10.1 Å². The summed E-state index contributed by atoms with van der Waals surface area (Å²) < 4.78 is 11.3. The third kappa shape index (κ3) is 5.44. The van der Waals surface area contributed by atoms with Gasteiger partial charge >= 0.3 is 0 Å². The molecule has 0 spiro atoms. The van der Waals surface area contributed by atoms with Crippen LogP contribution >= 0.6 is 0 Å². The van der Waals surface area contributed by atoms with E-state index in [1.807, 2.05) is 36.4 Å². The fraction of sp³-hybridized carbons (Fsp3) is 0.476. The highest BCUT2D eigenvalue weighted by Gasteiger charge is 2.21. The molecular formula is C21H28N2O3. The predicted octanol–water partition coefficient (Wildman–Crippen LogP) is 2.83. The molecule has 0 saturated carbocycles. The summed E-state index contributed by atoms with van der Waals surface area (Å²) in [6, 6.07) is 14.0. The average Bonchev–Trinajstić information content (AvgIpc) is 2.62. The molecule has 1 aliphatic heterocycles. The monoisotopic (exact) mass is 356 g/mol. The summed E-state index contributed by atoms with van der Waals surface area (Å²) in [5.41, 5.74) is 0. The number of morpholine rings is 1. The number of nitrogens with zero attached hydrogens (tertiary/aromatic N) is 1. The molecule has 3 rings (SSSR count). The third-order valence-electron chi connectivity index (χ3n) is 4.56. The van der Waals surface area contributed by atoms with Gasteiger partial charge in [0.05, 0.1) is 12.2 Å². The van der Waals surface area contributed by atoms with Crippen molar-refractivity contribution >= 4 is 16.7 Å². The van der Waals surface area contributed by atoms with Gasteiger partial charge in [-0.25, -0.2) is 0 Å². The van der Waals surface area contributed by atoms with Crippen molar-refractivity contribution in [3.63, 3.8) is 0 Å². The first-order valence-electron chi connectivity index (χ1n) is 9.36. The molecule has 140 valence electrons. The van der Waals surface area contributed by atoms with E-state index < -0.39 is 0 Å². The molecule has 1 heterocycles. The van der Waals surface area contributed by atoms with Gasteiger partial charge in [-0.05, 0) is 43.2 Å². The van der Waals surface area contributed by atoms with Crippen LogP contribution in [-0.2, 0) is 9.53 Å². The molecule has 1 saturated heterocycles. The van der Waals surface area contributed by atoms with E-state index in [1.165, 1.54) is 0 Å². The number of benzene rings is 2.